The molecule has 20 heavy (non-hydrogen) atoms. The van der Waals surface area contributed by atoms with Crippen molar-refractivity contribution in [2.75, 3.05) is 26.9 Å². The second kappa shape index (κ2) is 8.05. The Labute approximate surface area is 130 Å². The van der Waals surface area contributed by atoms with Crippen LogP contribution in [0.4, 0.5) is 0 Å². The van der Waals surface area contributed by atoms with E-state index in [4.69, 9.17) is 32.7 Å². The summed E-state index contributed by atoms with van der Waals surface area (Å²) in [6.45, 7) is 5.39. The zero-order valence-electron chi connectivity index (χ0n) is 12.0. The van der Waals surface area contributed by atoms with E-state index in [9.17, 15) is 5.11 Å². The van der Waals surface area contributed by atoms with Gasteiger partial charge in [0.1, 0.15) is 12.4 Å². The number of aliphatic hydroxyl groups is 1. The number of benzene rings is 1. The third-order valence-electron chi connectivity index (χ3n) is 2.45. The maximum absolute atomic E-state index is 9.74. The van der Waals surface area contributed by atoms with E-state index in [2.05, 4.69) is 5.32 Å². The summed E-state index contributed by atoms with van der Waals surface area (Å²) in [6.07, 6.45) is 0. The van der Waals surface area contributed by atoms with Gasteiger partial charge in [0.2, 0.25) is 0 Å². The van der Waals surface area contributed by atoms with Crippen molar-refractivity contribution in [3.8, 4) is 5.75 Å². The predicted octanol–water partition coefficient (Wildman–Crippen LogP) is 2.88. The average Bonchev–Trinajstić information content (AvgIpc) is 2.32. The van der Waals surface area contributed by atoms with Gasteiger partial charge < -0.3 is 19.9 Å². The molecule has 0 fully saturated rings. The van der Waals surface area contributed by atoms with E-state index in [-0.39, 0.29) is 6.61 Å². The highest BCUT2D eigenvalue weighted by Gasteiger charge is 2.17. The van der Waals surface area contributed by atoms with E-state index in [0.29, 0.717) is 35.5 Å². The fourth-order valence-electron chi connectivity index (χ4n) is 1.55. The lowest BCUT2D eigenvalue weighted by Crippen LogP contribution is -2.28. The maximum atomic E-state index is 9.74. The van der Waals surface area contributed by atoms with Crippen LogP contribution in [0.1, 0.15) is 19.4 Å². The normalized spacial score (nSPS) is 11.7. The van der Waals surface area contributed by atoms with Crippen molar-refractivity contribution in [1.29, 1.82) is 0 Å². The summed E-state index contributed by atoms with van der Waals surface area (Å²) in [7, 11) is 1.65. The molecule has 0 saturated carbocycles. The first kappa shape index (κ1) is 17.5. The van der Waals surface area contributed by atoms with Crippen LogP contribution in [0.15, 0.2) is 12.1 Å². The molecule has 114 valence electrons. The number of nitrogens with one attached hydrogen (secondary N) is 1. The van der Waals surface area contributed by atoms with Gasteiger partial charge in [-0.15, -0.1) is 0 Å². The molecule has 0 atom stereocenters. The molecule has 0 bridgehead atoms. The molecule has 0 aromatic heterocycles. The first-order valence-corrected chi connectivity index (χ1v) is 7.12. The molecule has 2 N–H and O–H groups in total. The van der Waals surface area contributed by atoms with Gasteiger partial charge >= 0.3 is 0 Å². The van der Waals surface area contributed by atoms with Crippen LogP contribution in [-0.4, -0.2) is 37.6 Å². The van der Waals surface area contributed by atoms with Gasteiger partial charge in [-0.1, -0.05) is 23.2 Å². The standard InChI is InChI=1S/C14H21Cl2NO3/c1-14(2,18)9-20-13-10(8-17-4-5-19-3)6-11(15)7-12(13)16/h6-7,17-18H,4-5,8-9H2,1-3H3. The lowest BCUT2D eigenvalue weighted by Gasteiger charge is -2.20. The molecule has 0 aliphatic heterocycles. The SMILES string of the molecule is COCCNCc1cc(Cl)cc(Cl)c1OCC(C)(C)O. The molecule has 1 aromatic rings. The highest BCUT2D eigenvalue weighted by atomic mass is 35.5. The van der Waals surface area contributed by atoms with E-state index >= 15 is 0 Å². The Balaban J connectivity index is 2.79. The Morgan fingerprint density at radius 2 is 2.00 bits per heavy atom. The quantitative estimate of drug-likeness (QED) is 0.723. The van der Waals surface area contributed by atoms with E-state index in [1.807, 2.05) is 0 Å². The van der Waals surface area contributed by atoms with Crippen LogP contribution >= 0.6 is 23.2 Å². The number of hydrogen-bond acceptors (Lipinski definition) is 4. The second-order valence-electron chi connectivity index (χ2n) is 5.15. The molecule has 0 aliphatic carbocycles. The Kier molecular flexibility index (Phi) is 7.06. The molecule has 0 radical (unpaired) electrons. The van der Waals surface area contributed by atoms with Gasteiger partial charge in [-0.2, -0.15) is 0 Å². The monoisotopic (exact) mass is 321 g/mol. The molecular formula is C14H21Cl2NO3. The van der Waals surface area contributed by atoms with Crippen LogP contribution < -0.4 is 10.1 Å². The van der Waals surface area contributed by atoms with Crippen LogP contribution in [0, 0.1) is 0 Å². The lowest BCUT2D eigenvalue weighted by molar-refractivity contribution is 0.0281. The highest BCUT2D eigenvalue weighted by molar-refractivity contribution is 6.35. The summed E-state index contributed by atoms with van der Waals surface area (Å²) in [5, 5.41) is 13.9. The Hall–Kier alpha value is -0.520. The minimum absolute atomic E-state index is 0.152. The van der Waals surface area contributed by atoms with Crippen LogP contribution in [0.3, 0.4) is 0 Å². The van der Waals surface area contributed by atoms with E-state index < -0.39 is 5.60 Å². The van der Waals surface area contributed by atoms with Crippen molar-refractivity contribution in [3.63, 3.8) is 0 Å². The summed E-state index contributed by atoms with van der Waals surface area (Å²) in [5.41, 5.74) is -0.0770. The summed E-state index contributed by atoms with van der Waals surface area (Å²) in [4.78, 5) is 0. The number of rotatable bonds is 8. The number of halogens is 2. The first-order chi connectivity index (χ1) is 9.33. The van der Waals surface area contributed by atoms with Crippen molar-refractivity contribution >= 4 is 23.2 Å². The Morgan fingerprint density at radius 3 is 2.60 bits per heavy atom. The average molecular weight is 322 g/mol. The third-order valence-corrected chi connectivity index (χ3v) is 2.95. The van der Waals surface area contributed by atoms with Crippen LogP contribution in [-0.2, 0) is 11.3 Å². The van der Waals surface area contributed by atoms with Gasteiger partial charge in [-0.25, -0.2) is 0 Å². The van der Waals surface area contributed by atoms with Crippen molar-refractivity contribution < 1.29 is 14.6 Å². The topological polar surface area (TPSA) is 50.7 Å². The molecule has 0 saturated heterocycles. The van der Waals surface area contributed by atoms with Crippen molar-refractivity contribution in [1.82, 2.24) is 5.32 Å². The smallest absolute Gasteiger partial charge is 0.142 e. The van der Waals surface area contributed by atoms with Crippen molar-refractivity contribution in [3.05, 3.63) is 27.7 Å². The van der Waals surface area contributed by atoms with Crippen LogP contribution in [0.25, 0.3) is 0 Å². The molecule has 0 aliphatic rings. The summed E-state index contributed by atoms with van der Waals surface area (Å²) < 4.78 is 10.6. The summed E-state index contributed by atoms with van der Waals surface area (Å²) >= 11 is 12.2. The molecule has 0 unspecified atom stereocenters. The third kappa shape index (κ3) is 6.29. The predicted molar refractivity (Wildman–Crippen MR) is 81.8 cm³/mol. The number of ether oxygens (including phenoxy) is 2. The fourth-order valence-corrected chi connectivity index (χ4v) is 2.14. The minimum Gasteiger partial charge on any atom is -0.489 e. The van der Waals surface area contributed by atoms with Crippen LogP contribution in [0.5, 0.6) is 5.75 Å². The van der Waals surface area contributed by atoms with E-state index in [1.54, 1.807) is 33.1 Å². The number of hydrogen-bond donors (Lipinski definition) is 2. The zero-order chi connectivity index (χ0) is 15.2. The van der Waals surface area contributed by atoms with Gasteiger partial charge in [-0.3, -0.25) is 0 Å². The minimum atomic E-state index is -0.927. The summed E-state index contributed by atoms with van der Waals surface area (Å²) in [6, 6.07) is 3.43. The van der Waals surface area contributed by atoms with Gasteiger partial charge in [-0.05, 0) is 26.0 Å². The molecule has 0 spiro atoms. The van der Waals surface area contributed by atoms with E-state index in [0.717, 1.165) is 5.56 Å². The van der Waals surface area contributed by atoms with Crippen LogP contribution in [0.2, 0.25) is 10.0 Å². The van der Waals surface area contributed by atoms with Gasteiger partial charge in [0, 0.05) is 30.8 Å². The first-order valence-electron chi connectivity index (χ1n) is 6.36. The van der Waals surface area contributed by atoms with Crippen molar-refractivity contribution in [2.45, 2.75) is 26.0 Å². The Bertz CT molecular complexity index is 433. The van der Waals surface area contributed by atoms with E-state index in [1.165, 1.54) is 0 Å². The molecule has 4 nitrogen and oxygen atoms in total. The molecular weight excluding hydrogens is 301 g/mol. The molecule has 1 rings (SSSR count). The van der Waals surface area contributed by atoms with Crippen molar-refractivity contribution in [2.24, 2.45) is 0 Å². The molecule has 6 heteroatoms. The maximum Gasteiger partial charge on any atom is 0.142 e. The zero-order valence-corrected chi connectivity index (χ0v) is 13.5. The largest absolute Gasteiger partial charge is 0.489 e. The molecule has 0 amide bonds. The second-order valence-corrected chi connectivity index (χ2v) is 5.99. The van der Waals surface area contributed by atoms with Gasteiger partial charge in [0.25, 0.3) is 0 Å². The van der Waals surface area contributed by atoms with Gasteiger partial charge in [0.05, 0.1) is 17.2 Å². The summed E-state index contributed by atoms with van der Waals surface area (Å²) in [5.74, 6) is 0.545. The number of methoxy groups -OCH3 is 1. The Morgan fingerprint density at radius 1 is 1.30 bits per heavy atom. The van der Waals surface area contributed by atoms with Gasteiger partial charge in [0.15, 0.2) is 0 Å². The lowest BCUT2D eigenvalue weighted by atomic mass is 10.1. The molecule has 0 heterocycles. The fraction of sp³-hybridized carbons (Fsp3) is 0.571. The highest BCUT2D eigenvalue weighted by Crippen LogP contribution is 2.33. The molecule has 1 aromatic carbocycles.